The van der Waals surface area contributed by atoms with Crippen molar-refractivity contribution in [3.8, 4) is 5.75 Å². The van der Waals surface area contributed by atoms with E-state index in [1.54, 1.807) is 24.3 Å². The van der Waals surface area contributed by atoms with Crippen molar-refractivity contribution in [2.75, 3.05) is 18.5 Å². The van der Waals surface area contributed by atoms with Crippen LogP contribution < -0.4 is 10.1 Å². The molecule has 1 amide bonds. The maximum atomic E-state index is 13.1. The van der Waals surface area contributed by atoms with Crippen molar-refractivity contribution < 1.29 is 18.7 Å². The Kier molecular flexibility index (Phi) is 4.88. The van der Waals surface area contributed by atoms with E-state index in [2.05, 4.69) is 5.32 Å². The standard InChI is InChI=1S/C18H18FNO3/c19-15-4-1-3-13(9-15)11-23-17-6-2-5-16(10-17)20-18(21)14-7-8-22-12-14/h1-6,9-10,14H,7-8,11-12H2,(H,20,21). The van der Waals surface area contributed by atoms with Crippen LogP contribution in [0.3, 0.4) is 0 Å². The number of benzene rings is 2. The average molecular weight is 315 g/mol. The Morgan fingerprint density at radius 1 is 1.26 bits per heavy atom. The van der Waals surface area contributed by atoms with Gasteiger partial charge in [0.05, 0.1) is 12.5 Å². The van der Waals surface area contributed by atoms with Crippen LogP contribution >= 0.6 is 0 Å². The topological polar surface area (TPSA) is 47.6 Å². The molecule has 1 aliphatic rings. The lowest BCUT2D eigenvalue weighted by atomic mass is 10.1. The number of hydrogen-bond donors (Lipinski definition) is 1. The number of anilines is 1. The largest absolute Gasteiger partial charge is 0.489 e. The lowest BCUT2D eigenvalue weighted by molar-refractivity contribution is -0.119. The summed E-state index contributed by atoms with van der Waals surface area (Å²) in [6.45, 7) is 1.38. The molecular weight excluding hydrogens is 297 g/mol. The van der Waals surface area contributed by atoms with E-state index in [1.807, 2.05) is 12.1 Å². The van der Waals surface area contributed by atoms with Crippen molar-refractivity contribution in [3.05, 3.63) is 59.9 Å². The highest BCUT2D eigenvalue weighted by molar-refractivity contribution is 5.92. The molecule has 1 N–H and O–H groups in total. The number of carbonyl (C=O) groups is 1. The second-order valence-electron chi connectivity index (χ2n) is 5.50. The summed E-state index contributed by atoms with van der Waals surface area (Å²) in [5, 5.41) is 2.87. The molecule has 2 aromatic rings. The molecule has 0 aromatic heterocycles. The van der Waals surface area contributed by atoms with Gasteiger partial charge >= 0.3 is 0 Å². The molecule has 0 saturated carbocycles. The molecule has 1 unspecified atom stereocenters. The number of halogens is 1. The van der Waals surface area contributed by atoms with E-state index in [-0.39, 0.29) is 24.2 Å². The number of amides is 1. The summed E-state index contributed by atoms with van der Waals surface area (Å²) in [6.07, 6.45) is 0.752. The number of hydrogen-bond acceptors (Lipinski definition) is 3. The van der Waals surface area contributed by atoms with E-state index >= 15 is 0 Å². The number of ether oxygens (including phenoxy) is 2. The van der Waals surface area contributed by atoms with Crippen LogP contribution in [0.4, 0.5) is 10.1 Å². The molecule has 4 nitrogen and oxygen atoms in total. The third kappa shape index (κ3) is 4.29. The van der Waals surface area contributed by atoms with Crippen LogP contribution in [0.1, 0.15) is 12.0 Å². The van der Waals surface area contributed by atoms with Crippen LogP contribution in [-0.2, 0) is 16.1 Å². The monoisotopic (exact) mass is 315 g/mol. The normalized spacial score (nSPS) is 17.0. The molecule has 1 aliphatic heterocycles. The molecule has 1 fully saturated rings. The fourth-order valence-corrected chi connectivity index (χ4v) is 2.44. The van der Waals surface area contributed by atoms with Crippen molar-refractivity contribution in [1.82, 2.24) is 0 Å². The summed E-state index contributed by atoms with van der Waals surface area (Å²) in [4.78, 5) is 12.1. The first kappa shape index (κ1) is 15.5. The van der Waals surface area contributed by atoms with Gasteiger partial charge in [-0.2, -0.15) is 0 Å². The smallest absolute Gasteiger partial charge is 0.229 e. The minimum absolute atomic E-state index is 0.0372. The lowest BCUT2D eigenvalue weighted by Gasteiger charge is -2.11. The van der Waals surface area contributed by atoms with Gasteiger partial charge in [0.15, 0.2) is 0 Å². The lowest BCUT2D eigenvalue weighted by Crippen LogP contribution is -2.22. The molecular formula is C18H18FNO3. The summed E-state index contributed by atoms with van der Waals surface area (Å²) in [5.74, 6) is 0.206. The Labute approximate surface area is 134 Å². The number of carbonyl (C=O) groups excluding carboxylic acids is 1. The second-order valence-corrected chi connectivity index (χ2v) is 5.50. The van der Waals surface area contributed by atoms with E-state index in [1.165, 1.54) is 12.1 Å². The van der Waals surface area contributed by atoms with Gasteiger partial charge in [-0.25, -0.2) is 4.39 Å². The SMILES string of the molecule is O=C(Nc1cccc(OCc2cccc(F)c2)c1)C1CCOC1. The molecule has 2 aromatic carbocycles. The predicted molar refractivity (Wildman–Crippen MR) is 84.7 cm³/mol. The molecule has 3 rings (SSSR count). The zero-order valence-corrected chi connectivity index (χ0v) is 12.6. The van der Waals surface area contributed by atoms with Crippen LogP contribution in [0.5, 0.6) is 5.75 Å². The quantitative estimate of drug-likeness (QED) is 0.920. The van der Waals surface area contributed by atoms with Gasteiger partial charge in [0.25, 0.3) is 0 Å². The number of rotatable bonds is 5. The van der Waals surface area contributed by atoms with Crippen LogP contribution in [0.25, 0.3) is 0 Å². The molecule has 0 bridgehead atoms. The second kappa shape index (κ2) is 7.24. The third-order valence-corrected chi connectivity index (χ3v) is 3.70. The predicted octanol–water partition coefficient (Wildman–Crippen LogP) is 3.38. The fraction of sp³-hybridized carbons (Fsp3) is 0.278. The van der Waals surface area contributed by atoms with Crippen molar-refractivity contribution in [1.29, 1.82) is 0 Å². The average Bonchev–Trinajstić information content (AvgIpc) is 3.08. The van der Waals surface area contributed by atoms with E-state index in [4.69, 9.17) is 9.47 Å². The molecule has 0 aliphatic carbocycles. The van der Waals surface area contributed by atoms with E-state index in [0.717, 1.165) is 12.0 Å². The van der Waals surface area contributed by atoms with Crippen LogP contribution in [0.15, 0.2) is 48.5 Å². The number of nitrogens with one attached hydrogen (secondary N) is 1. The highest BCUT2D eigenvalue weighted by Gasteiger charge is 2.23. The first-order chi connectivity index (χ1) is 11.2. The maximum absolute atomic E-state index is 13.1. The maximum Gasteiger partial charge on any atom is 0.229 e. The van der Waals surface area contributed by atoms with Crippen LogP contribution in [-0.4, -0.2) is 19.1 Å². The molecule has 23 heavy (non-hydrogen) atoms. The highest BCUT2D eigenvalue weighted by Crippen LogP contribution is 2.21. The summed E-state index contributed by atoms with van der Waals surface area (Å²) < 4.78 is 24.0. The van der Waals surface area contributed by atoms with Gasteiger partial charge in [-0.05, 0) is 36.2 Å². The summed E-state index contributed by atoms with van der Waals surface area (Å²) >= 11 is 0. The molecule has 5 heteroatoms. The van der Waals surface area contributed by atoms with Gasteiger partial charge in [0.2, 0.25) is 5.91 Å². The van der Waals surface area contributed by atoms with Gasteiger partial charge in [-0.1, -0.05) is 18.2 Å². The Hall–Kier alpha value is -2.40. The zero-order valence-electron chi connectivity index (χ0n) is 12.6. The van der Waals surface area contributed by atoms with Gasteiger partial charge < -0.3 is 14.8 Å². The van der Waals surface area contributed by atoms with E-state index < -0.39 is 0 Å². The molecule has 120 valence electrons. The molecule has 1 saturated heterocycles. The minimum Gasteiger partial charge on any atom is -0.489 e. The zero-order chi connectivity index (χ0) is 16.1. The van der Waals surface area contributed by atoms with Crippen LogP contribution in [0.2, 0.25) is 0 Å². The van der Waals surface area contributed by atoms with Crippen molar-refractivity contribution in [2.45, 2.75) is 13.0 Å². The molecule has 1 atom stereocenters. The highest BCUT2D eigenvalue weighted by atomic mass is 19.1. The first-order valence-electron chi connectivity index (χ1n) is 7.56. The first-order valence-corrected chi connectivity index (χ1v) is 7.56. The van der Waals surface area contributed by atoms with Gasteiger partial charge in [0.1, 0.15) is 18.2 Å². The molecule has 0 spiro atoms. The Morgan fingerprint density at radius 2 is 2.13 bits per heavy atom. The van der Waals surface area contributed by atoms with Crippen LogP contribution in [0, 0.1) is 11.7 Å². The van der Waals surface area contributed by atoms with Crippen molar-refractivity contribution in [3.63, 3.8) is 0 Å². The van der Waals surface area contributed by atoms with E-state index in [9.17, 15) is 9.18 Å². The van der Waals surface area contributed by atoms with E-state index in [0.29, 0.717) is 24.7 Å². The van der Waals surface area contributed by atoms with Gasteiger partial charge in [0, 0.05) is 18.4 Å². The Morgan fingerprint density at radius 3 is 2.91 bits per heavy atom. The summed E-state index contributed by atoms with van der Waals surface area (Å²) in [5.41, 5.74) is 1.43. The van der Waals surface area contributed by atoms with Gasteiger partial charge in [-0.15, -0.1) is 0 Å². The minimum atomic E-state index is -0.286. The molecule has 1 heterocycles. The Bertz CT molecular complexity index is 683. The summed E-state index contributed by atoms with van der Waals surface area (Å²) in [7, 11) is 0. The van der Waals surface area contributed by atoms with Crippen molar-refractivity contribution >= 4 is 11.6 Å². The fourth-order valence-electron chi connectivity index (χ4n) is 2.44. The third-order valence-electron chi connectivity index (χ3n) is 3.70. The summed E-state index contributed by atoms with van der Waals surface area (Å²) in [6, 6.07) is 13.5. The van der Waals surface area contributed by atoms with Crippen molar-refractivity contribution in [2.24, 2.45) is 5.92 Å². The molecule has 0 radical (unpaired) electrons. The van der Waals surface area contributed by atoms with Gasteiger partial charge in [-0.3, -0.25) is 4.79 Å². The Balaban J connectivity index is 1.59.